The maximum Gasteiger partial charge on any atom is 0.160 e. The molecule has 3 heterocycles. The average Bonchev–Trinajstić information content (AvgIpc) is 3.09. The molecule has 0 bridgehead atoms. The molecule has 0 fully saturated rings. The van der Waals surface area contributed by atoms with Gasteiger partial charge in [-0.15, -0.1) is 0 Å². The summed E-state index contributed by atoms with van der Waals surface area (Å²) in [6, 6.07) is 43.9. The van der Waals surface area contributed by atoms with E-state index in [1.54, 1.807) is 0 Å². The Morgan fingerprint density at radius 3 is 1.40 bits per heavy atom. The Labute approximate surface area is 259 Å². The summed E-state index contributed by atoms with van der Waals surface area (Å²) in [6.45, 7) is 0. The standard InChI is InChI=1S/C38H25BrN4/c39-35-23-33(30-16-20-41-21-17-30)22-34(24-35)37-25-36(31-10-6-27(7-11-31)26-4-2-1-3-5-26)42-38(43-37)32-12-8-28(9-13-32)29-14-18-40-19-15-29/h1-25H. The van der Waals surface area contributed by atoms with Crippen molar-refractivity contribution >= 4 is 15.9 Å². The van der Waals surface area contributed by atoms with Gasteiger partial charge in [-0.1, -0.05) is 94.8 Å². The molecule has 0 spiro atoms. The zero-order valence-corrected chi connectivity index (χ0v) is 24.7. The zero-order valence-electron chi connectivity index (χ0n) is 23.1. The summed E-state index contributed by atoms with van der Waals surface area (Å²) in [5.41, 5.74) is 11.5. The molecule has 3 aromatic heterocycles. The van der Waals surface area contributed by atoms with Crippen molar-refractivity contribution in [3.05, 3.63) is 157 Å². The second kappa shape index (κ2) is 11.9. The number of nitrogens with zero attached hydrogens (tertiary/aromatic N) is 4. The Hall–Kier alpha value is -5.26. The molecule has 0 aliphatic rings. The van der Waals surface area contributed by atoms with Crippen LogP contribution >= 0.6 is 15.9 Å². The van der Waals surface area contributed by atoms with E-state index in [0.717, 1.165) is 54.8 Å². The summed E-state index contributed by atoms with van der Waals surface area (Å²) in [7, 11) is 0. The van der Waals surface area contributed by atoms with Gasteiger partial charge in [0, 0.05) is 46.0 Å². The molecule has 4 aromatic carbocycles. The predicted octanol–water partition coefficient (Wildman–Crippen LogP) is 10.0. The Balaban J connectivity index is 1.34. The highest BCUT2D eigenvalue weighted by atomic mass is 79.9. The quantitative estimate of drug-likeness (QED) is 0.186. The second-order valence-electron chi connectivity index (χ2n) is 10.2. The average molecular weight is 618 g/mol. The summed E-state index contributed by atoms with van der Waals surface area (Å²) in [5, 5.41) is 0. The van der Waals surface area contributed by atoms with Gasteiger partial charge in [-0.25, -0.2) is 9.97 Å². The van der Waals surface area contributed by atoms with E-state index in [9.17, 15) is 0 Å². The maximum atomic E-state index is 5.09. The third-order valence-corrected chi connectivity index (χ3v) is 7.84. The lowest BCUT2D eigenvalue weighted by atomic mass is 10.00. The molecule has 7 aromatic rings. The van der Waals surface area contributed by atoms with E-state index >= 15 is 0 Å². The van der Waals surface area contributed by atoms with Gasteiger partial charge >= 0.3 is 0 Å². The molecule has 0 radical (unpaired) electrons. The minimum Gasteiger partial charge on any atom is -0.265 e. The van der Waals surface area contributed by atoms with Crippen LogP contribution in [0.4, 0.5) is 0 Å². The van der Waals surface area contributed by atoms with Crippen LogP contribution in [0.1, 0.15) is 0 Å². The maximum absolute atomic E-state index is 5.09. The van der Waals surface area contributed by atoms with Crippen LogP contribution in [0.2, 0.25) is 0 Å². The number of pyridine rings is 2. The van der Waals surface area contributed by atoms with E-state index in [-0.39, 0.29) is 0 Å². The highest BCUT2D eigenvalue weighted by molar-refractivity contribution is 9.10. The van der Waals surface area contributed by atoms with Gasteiger partial charge in [-0.3, -0.25) is 9.97 Å². The topological polar surface area (TPSA) is 51.6 Å². The number of hydrogen-bond donors (Lipinski definition) is 0. The molecule has 204 valence electrons. The van der Waals surface area contributed by atoms with Gasteiger partial charge in [0.15, 0.2) is 5.82 Å². The van der Waals surface area contributed by atoms with Gasteiger partial charge in [0.1, 0.15) is 0 Å². The predicted molar refractivity (Wildman–Crippen MR) is 178 cm³/mol. The molecular formula is C38H25BrN4. The van der Waals surface area contributed by atoms with Crippen LogP contribution in [0.25, 0.3) is 67.3 Å². The van der Waals surface area contributed by atoms with Crippen molar-refractivity contribution < 1.29 is 0 Å². The molecule has 0 unspecified atom stereocenters. The zero-order chi connectivity index (χ0) is 29.0. The fourth-order valence-electron chi connectivity index (χ4n) is 5.14. The Kier molecular flexibility index (Phi) is 7.38. The fraction of sp³-hybridized carbons (Fsp3) is 0. The summed E-state index contributed by atoms with van der Waals surface area (Å²) < 4.78 is 0.979. The van der Waals surface area contributed by atoms with Gasteiger partial charge in [-0.05, 0) is 81.9 Å². The third kappa shape index (κ3) is 5.89. The molecule has 0 aliphatic heterocycles. The minimum atomic E-state index is 0.673. The van der Waals surface area contributed by atoms with Crippen LogP contribution < -0.4 is 0 Å². The first kappa shape index (κ1) is 26.6. The summed E-state index contributed by atoms with van der Waals surface area (Å²) in [6.07, 6.45) is 7.24. The molecule has 0 atom stereocenters. The normalized spacial score (nSPS) is 10.9. The first-order valence-electron chi connectivity index (χ1n) is 14.0. The number of rotatable bonds is 6. The van der Waals surface area contributed by atoms with E-state index in [2.05, 4.69) is 123 Å². The lowest BCUT2D eigenvalue weighted by Crippen LogP contribution is -1.96. The molecule has 7 rings (SSSR count). The molecule has 0 amide bonds. The second-order valence-corrected chi connectivity index (χ2v) is 11.1. The fourth-order valence-corrected chi connectivity index (χ4v) is 5.63. The Morgan fingerprint density at radius 2 is 0.791 bits per heavy atom. The van der Waals surface area contributed by atoms with E-state index in [4.69, 9.17) is 9.97 Å². The number of hydrogen-bond acceptors (Lipinski definition) is 4. The number of aromatic nitrogens is 4. The van der Waals surface area contributed by atoms with E-state index in [1.165, 1.54) is 11.1 Å². The van der Waals surface area contributed by atoms with Crippen molar-refractivity contribution in [1.82, 2.24) is 19.9 Å². The smallest absolute Gasteiger partial charge is 0.160 e. The molecular weight excluding hydrogens is 592 g/mol. The third-order valence-electron chi connectivity index (χ3n) is 7.38. The largest absolute Gasteiger partial charge is 0.265 e. The highest BCUT2D eigenvalue weighted by Gasteiger charge is 2.13. The van der Waals surface area contributed by atoms with Crippen LogP contribution in [0.5, 0.6) is 0 Å². The summed E-state index contributed by atoms with van der Waals surface area (Å²) in [4.78, 5) is 18.5. The molecule has 43 heavy (non-hydrogen) atoms. The monoisotopic (exact) mass is 616 g/mol. The first-order valence-corrected chi connectivity index (χ1v) is 14.8. The van der Waals surface area contributed by atoms with Crippen LogP contribution in [0.3, 0.4) is 0 Å². The first-order chi connectivity index (χ1) is 21.2. The Bertz CT molecular complexity index is 1890. The lowest BCUT2D eigenvalue weighted by molar-refractivity contribution is 1.18. The van der Waals surface area contributed by atoms with Crippen LogP contribution in [0, 0.1) is 0 Å². The van der Waals surface area contributed by atoms with Crippen molar-refractivity contribution in [2.45, 2.75) is 0 Å². The van der Waals surface area contributed by atoms with Crippen molar-refractivity contribution in [3.63, 3.8) is 0 Å². The minimum absolute atomic E-state index is 0.673. The SMILES string of the molecule is Brc1cc(-c2ccncc2)cc(-c2cc(-c3ccc(-c4ccccc4)cc3)nc(-c3ccc(-c4ccncc4)cc3)n2)c1. The van der Waals surface area contributed by atoms with Crippen LogP contribution in [0.15, 0.2) is 157 Å². The molecule has 0 N–H and O–H groups in total. The van der Waals surface area contributed by atoms with Gasteiger partial charge in [0.2, 0.25) is 0 Å². The molecule has 0 aliphatic carbocycles. The van der Waals surface area contributed by atoms with E-state index in [0.29, 0.717) is 5.82 Å². The van der Waals surface area contributed by atoms with E-state index < -0.39 is 0 Å². The van der Waals surface area contributed by atoms with Gasteiger partial charge in [-0.2, -0.15) is 0 Å². The Morgan fingerprint density at radius 1 is 0.349 bits per heavy atom. The lowest BCUT2D eigenvalue weighted by Gasteiger charge is -2.12. The molecule has 0 saturated carbocycles. The van der Waals surface area contributed by atoms with Crippen molar-refractivity contribution in [1.29, 1.82) is 0 Å². The molecule has 4 nitrogen and oxygen atoms in total. The van der Waals surface area contributed by atoms with Crippen molar-refractivity contribution in [3.8, 4) is 67.3 Å². The van der Waals surface area contributed by atoms with Crippen molar-refractivity contribution in [2.24, 2.45) is 0 Å². The van der Waals surface area contributed by atoms with Gasteiger partial charge in [0.05, 0.1) is 11.4 Å². The number of benzene rings is 4. The van der Waals surface area contributed by atoms with Gasteiger partial charge < -0.3 is 0 Å². The molecule has 0 saturated heterocycles. The number of halogens is 1. The van der Waals surface area contributed by atoms with Crippen molar-refractivity contribution in [2.75, 3.05) is 0 Å². The highest BCUT2D eigenvalue weighted by Crippen LogP contribution is 2.34. The summed E-state index contributed by atoms with van der Waals surface area (Å²) >= 11 is 3.73. The molecule has 5 heteroatoms. The summed E-state index contributed by atoms with van der Waals surface area (Å²) in [5.74, 6) is 0.673. The van der Waals surface area contributed by atoms with Crippen LogP contribution in [-0.4, -0.2) is 19.9 Å². The van der Waals surface area contributed by atoms with E-state index in [1.807, 2.05) is 55.1 Å². The van der Waals surface area contributed by atoms with Gasteiger partial charge in [0.25, 0.3) is 0 Å². The van der Waals surface area contributed by atoms with Crippen LogP contribution in [-0.2, 0) is 0 Å².